The lowest BCUT2D eigenvalue weighted by molar-refractivity contribution is 0.218. The molecule has 0 saturated carbocycles. The minimum absolute atomic E-state index is 0.00332. The van der Waals surface area contributed by atoms with Gasteiger partial charge in [-0.15, -0.1) is 16.4 Å². The molecular formula is C22H27N3O2S. The average Bonchev–Trinajstić information content (AvgIpc) is 3.05. The predicted molar refractivity (Wildman–Crippen MR) is 113 cm³/mol. The molecule has 0 saturated heterocycles. The molecule has 28 heavy (non-hydrogen) atoms. The van der Waals surface area contributed by atoms with Crippen LogP contribution in [0.25, 0.3) is 10.2 Å². The maximum absolute atomic E-state index is 13.0. The molecule has 1 aromatic carbocycles. The predicted octanol–water partition coefficient (Wildman–Crippen LogP) is 4.47. The molecule has 6 heteroatoms. The van der Waals surface area contributed by atoms with Crippen molar-refractivity contribution in [3.05, 3.63) is 51.1 Å². The maximum atomic E-state index is 13.0. The van der Waals surface area contributed by atoms with Crippen molar-refractivity contribution in [2.45, 2.75) is 53.0 Å². The molecule has 0 radical (unpaired) electrons. The number of para-hydroxylation sites is 1. The van der Waals surface area contributed by atoms with Crippen molar-refractivity contribution in [3.8, 4) is 5.75 Å². The quantitative estimate of drug-likeness (QED) is 0.596. The fourth-order valence-corrected chi connectivity index (χ4v) is 5.17. The second kappa shape index (κ2) is 7.66. The van der Waals surface area contributed by atoms with E-state index in [9.17, 15) is 4.79 Å². The maximum Gasteiger partial charge on any atom is 0.278 e. The molecule has 3 aromatic rings. The van der Waals surface area contributed by atoms with Crippen molar-refractivity contribution < 1.29 is 4.74 Å². The zero-order chi connectivity index (χ0) is 19.7. The summed E-state index contributed by atoms with van der Waals surface area (Å²) in [4.78, 5) is 15.2. The summed E-state index contributed by atoms with van der Waals surface area (Å²) in [5, 5.41) is 9.33. The van der Waals surface area contributed by atoms with Gasteiger partial charge in [0, 0.05) is 17.8 Å². The number of hydrogen-bond donors (Lipinski definition) is 0. The van der Waals surface area contributed by atoms with Crippen LogP contribution in [0.2, 0.25) is 0 Å². The van der Waals surface area contributed by atoms with Gasteiger partial charge < -0.3 is 4.74 Å². The number of ether oxygens (including phenoxy) is 1. The van der Waals surface area contributed by atoms with E-state index in [1.165, 1.54) is 15.1 Å². The third kappa shape index (κ3) is 3.83. The summed E-state index contributed by atoms with van der Waals surface area (Å²) in [6, 6.07) is 9.72. The molecule has 1 atom stereocenters. The van der Waals surface area contributed by atoms with Crippen LogP contribution in [0.1, 0.15) is 44.1 Å². The molecule has 0 bridgehead atoms. The van der Waals surface area contributed by atoms with Crippen LogP contribution in [-0.4, -0.2) is 21.6 Å². The van der Waals surface area contributed by atoms with Gasteiger partial charge in [0.1, 0.15) is 5.75 Å². The first-order valence-corrected chi connectivity index (χ1v) is 10.8. The molecule has 0 aliphatic heterocycles. The molecule has 1 aliphatic carbocycles. The summed E-state index contributed by atoms with van der Waals surface area (Å²) in [7, 11) is 0. The van der Waals surface area contributed by atoms with E-state index in [0.29, 0.717) is 30.9 Å². The van der Waals surface area contributed by atoms with Gasteiger partial charge in [0.15, 0.2) is 4.83 Å². The molecule has 0 amide bonds. The van der Waals surface area contributed by atoms with Gasteiger partial charge in [-0.1, -0.05) is 44.2 Å². The lowest BCUT2D eigenvalue weighted by Crippen LogP contribution is -2.28. The van der Waals surface area contributed by atoms with Gasteiger partial charge in [0.05, 0.1) is 12.0 Å². The highest BCUT2D eigenvalue weighted by atomic mass is 32.1. The van der Waals surface area contributed by atoms with E-state index < -0.39 is 0 Å². The Kier molecular flexibility index (Phi) is 5.23. The van der Waals surface area contributed by atoms with Crippen molar-refractivity contribution in [1.29, 1.82) is 0 Å². The second-order valence-corrected chi connectivity index (χ2v) is 9.71. The van der Waals surface area contributed by atoms with E-state index in [1.807, 2.05) is 30.3 Å². The molecule has 1 aliphatic rings. The van der Waals surface area contributed by atoms with E-state index in [2.05, 4.69) is 31.1 Å². The van der Waals surface area contributed by atoms with E-state index in [4.69, 9.17) is 4.74 Å². The number of hydrogen-bond acceptors (Lipinski definition) is 5. The van der Waals surface area contributed by atoms with Gasteiger partial charge in [-0.2, -0.15) is 0 Å². The molecule has 148 valence electrons. The summed E-state index contributed by atoms with van der Waals surface area (Å²) < 4.78 is 7.21. The van der Waals surface area contributed by atoms with Crippen LogP contribution in [0, 0.1) is 11.3 Å². The van der Waals surface area contributed by atoms with E-state index >= 15 is 0 Å². The van der Waals surface area contributed by atoms with Crippen molar-refractivity contribution >= 4 is 21.6 Å². The zero-order valence-corrected chi connectivity index (χ0v) is 17.6. The number of aromatic nitrogens is 3. The highest BCUT2D eigenvalue weighted by molar-refractivity contribution is 7.18. The summed E-state index contributed by atoms with van der Waals surface area (Å²) in [6.45, 7) is 7.98. The Balaban J connectivity index is 1.49. The highest BCUT2D eigenvalue weighted by Crippen LogP contribution is 2.41. The summed E-state index contributed by atoms with van der Waals surface area (Å²) in [6.07, 6.45) is 3.86. The van der Waals surface area contributed by atoms with Crippen LogP contribution in [0.3, 0.4) is 0 Å². The molecule has 1 unspecified atom stereocenters. The van der Waals surface area contributed by atoms with Crippen LogP contribution in [0.5, 0.6) is 5.75 Å². The smallest absolute Gasteiger partial charge is 0.278 e. The SMILES string of the molecule is CC(C)(C)C1CCc2c(sc3nnn(CCCOc4ccccc4)c(=O)c23)C1. The molecular weight excluding hydrogens is 370 g/mol. The summed E-state index contributed by atoms with van der Waals surface area (Å²) >= 11 is 1.66. The van der Waals surface area contributed by atoms with Crippen LogP contribution in [-0.2, 0) is 19.4 Å². The highest BCUT2D eigenvalue weighted by Gasteiger charge is 2.31. The van der Waals surface area contributed by atoms with Crippen molar-refractivity contribution in [2.75, 3.05) is 6.61 Å². The fourth-order valence-electron chi connectivity index (χ4n) is 3.93. The standard InChI is InChI=1S/C22H27N3O2S/c1-22(2,3)15-10-11-17-18(14-15)28-20-19(17)21(26)25(24-23-20)12-7-13-27-16-8-5-4-6-9-16/h4-6,8-9,15H,7,10-14H2,1-3H3. The number of fused-ring (bicyclic) bond motifs is 3. The first-order valence-electron chi connectivity index (χ1n) is 9.99. The van der Waals surface area contributed by atoms with Crippen LogP contribution < -0.4 is 10.3 Å². The molecule has 2 heterocycles. The van der Waals surface area contributed by atoms with E-state index in [-0.39, 0.29) is 5.56 Å². The number of benzene rings is 1. The zero-order valence-electron chi connectivity index (χ0n) is 16.8. The Morgan fingerprint density at radius 3 is 2.79 bits per heavy atom. The van der Waals surface area contributed by atoms with Gasteiger partial charge in [0.25, 0.3) is 5.56 Å². The Bertz CT molecular complexity index is 1020. The third-order valence-electron chi connectivity index (χ3n) is 5.69. The number of rotatable bonds is 5. The normalized spacial score (nSPS) is 16.9. The first kappa shape index (κ1) is 19.1. The minimum atomic E-state index is -0.00332. The molecule has 2 aromatic heterocycles. The third-order valence-corrected chi connectivity index (χ3v) is 6.83. The summed E-state index contributed by atoms with van der Waals surface area (Å²) in [5.74, 6) is 1.50. The monoisotopic (exact) mass is 397 g/mol. The Morgan fingerprint density at radius 2 is 2.04 bits per heavy atom. The Hall–Kier alpha value is -2.21. The molecule has 0 N–H and O–H groups in total. The lowest BCUT2D eigenvalue weighted by Gasteiger charge is -2.33. The number of aryl methyl sites for hydroxylation is 2. The number of nitrogens with zero attached hydrogens (tertiary/aromatic N) is 3. The first-order chi connectivity index (χ1) is 13.4. The molecule has 5 nitrogen and oxygen atoms in total. The Labute approximate surface area is 169 Å². The lowest BCUT2D eigenvalue weighted by atomic mass is 9.72. The van der Waals surface area contributed by atoms with Crippen LogP contribution in [0.4, 0.5) is 0 Å². The average molecular weight is 398 g/mol. The van der Waals surface area contributed by atoms with E-state index in [0.717, 1.165) is 35.2 Å². The van der Waals surface area contributed by atoms with Gasteiger partial charge in [-0.05, 0) is 48.3 Å². The van der Waals surface area contributed by atoms with Crippen molar-refractivity contribution in [2.24, 2.45) is 11.3 Å². The van der Waals surface area contributed by atoms with Gasteiger partial charge in [-0.3, -0.25) is 4.79 Å². The largest absolute Gasteiger partial charge is 0.494 e. The second-order valence-electron chi connectivity index (χ2n) is 8.62. The fraction of sp³-hybridized carbons (Fsp3) is 0.500. The molecule has 0 spiro atoms. The topological polar surface area (TPSA) is 57.0 Å². The van der Waals surface area contributed by atoms with Crippen molar-refractivity contribution in [3.63, 3.8) is 0 Å². The van der Waals surface area contributed by atoms with E-state index in [1.54, 1.807) is 11.3 Å². The molecule has 4 rings (SSSR count). The van der Waals surface area contributed by atoms with Gasteiger partial charge in [0.2, 0.25) is 0 Å². The van der Waals surface area contributed by atoms with Gasteiger partial charge in [-0.25, -0.2) is 4.68 Å². The van der Waals surface area contributed by atoms with Gasteiger partial charge >= 0.3 is 0 Å². The van der Waals surface area contributed by atoms with Crippen LogP contribution >= 0.6 is 11.3 Å². The number of thiophene rings is 1. The molecule has 0 fully saturated rings. The van der Waals surface area contributed by atoms with Crippen molar-refractivity contribution in [1.82, 2.24) is 15.0 Å². The minimum Gasteiger partial charge on any atom is -0.494 e. The summed E-state index contributed by atoms with van der Waals surface area (Å²) in [5.41, 5.74) is 1.50. The van der Waals surface area contributed by atoms with Crippen LogP contribution in [0.15, 0.2) is 35.1 Å². The Morgan fingerprint density at radius 1 is 1.25 bits per heavy atom.